The average molecular weight is 385 g/mol. The van der Waals surface area contributed by atoms with Crippen LogP contribution in [0.15, 0.2) is 42.9 Å². The minimum atomic E-state index is -1.30. The lowest BCUT2D eigenvalue weighted by Gasteiger charge is -2.07. The Morgan fingerprint density at radius 2 is 1.61 bits per heavy atom. The molecule has 0 unspecified atom stereocenters. The molecule has 0 saturated carbocycles. The van der Waals surface area contributed by atoms with E-state index in [0.29, 0.717) is 29.4 Å². The highest BCUT2D eigenvalue weighted by molar-refractivity contribution is 5.65. The molecule has 2 aromatic heterocycles. The van der Waals surface area contributed by atoms with Crippen LogP contribution in [-0.4, -0.2) is 26.7 Å². The summed E-state index contributed by atoms with van der Waals surface area (Å²) >= 11 is 0. The topological polar surface area (TPSA) is 68.1 Å². The van der Waals surface area contributed by atoms with Gasteiger partial charge in [0.1, 0.15) is 0 Å². The molecule has 7 heteroatoms. The molecule has 1 aromatic carbocycles. The van der Waals surface area contributed by atoms with Crippen molar-refractivity contribution in [3.63, 3.8) is 0 Å². The van der Waals surface area contributed by atoms with E-state index in [1.165, 1.54) is 31.3 Å². The summed E-state index contributed by atoms with van der Waals surface area (Å²) in [6.45, 7) is 2.79. The van der Waals surface area contributed by atoms with E-state index in [2.05, 4.69) is 21.9 Å². The first kappa shape index (κ1) is 19.7. The highest BCUT2D eigenvalue weighted by Crippen LogP contribution is 2.29. The Hall–Kier alpha value is -3.09. The standard InChI is InChI=1S/C21H21F2N3O2/c1-2-3-4-5-10-28-18-9-6-14(11-24-18)21-25-12-15(13-26-21)16-7-8-17(27)20(23)19(16)22/h6-9,11-13,27H,2-5,10H2,1H3. The van der Waals surface area contributed by atoms with Crippen molar-refractivity contribution in [2.45, 2.75) is 32.6 Å². The van der Waals surface area contributed by atoms with Crippen molar-refractivity contribution in [3.8, 4) is 34.1 Å². The third-order valence-electron chi connectivity index (χ3n) is 4.27. The van der Waals surface area contributed by atoms with Crippen LogP contribution in [0.4, 0.5) is 8.78 Å². The molecule has 0 fully saturated rings. The quantitative estimate of drug-likeness (QED) is 0.543. The lowest BCUT2D eigenvalue weighted by atomic mass is 10.1. The molecule has 28 heavy (non-hydrogen) atoms. The predicted molar refractivity (Wildman–Crippen MR) is 102 cm³/mol. The fraction of sp³-hybridized carbons (Fsp3) is 0.286. The molecule has 5 nitrogen and oxygen atoms in total. The highest BCUT2D eigenvalue weighted by Gasteiger charge is 2.15. The number of halogens is 2. The van der Waals surface area contributed by atoms with Gasteiger partial charge in [-0.3, -0.25) is 0 Å². The summed E-state index contributed by atoms with van der Waals surface area (Å²) in [5.74, 6) is -2.23. The van der Waals surface area contributed by atoms with E-state index in [1.54, 1.807) is 18.3 Å². The number of hydrogen-bond acceptors (Lipinski definition) is 5. The number of aromatic nitrogens is 3. The lowest BCUT2D eigenvalue weighted by molar-refractivity contribution is 0.294. The number of phenolic OH excluding ortho intramolecular Hbond substituents is 1. The first-order chi connectivity index (χ1) is 13.6. The number of nitrogens with zero attached hydrogens (tertiary/aromatic N) is 3. The predicted octanol–water partition coefficient (Wildman–Crippen LogP) is 5.15. The largest absolute Gasteiger partial charge is 0.505 e. The minimum absolute atomic E-state index is 0.0215. The molecule has 0 bridgehead atoms. The van der Waals surface area contributed by atoms with Gasteiger partial charge in [0.05, 0.1) is 6.61 Å². The molecule has 0 aliphatic rings. The molecule has 0 spiro atoms. The van der Waals surface area contributed by atoms with Crippen molar-refractivity contribution >= 4 is 0 Å². The van der Waals surface area contributed by atoms with Crippen LogP contribution in [0.1, 0.15) is 32.6 Å². The van der Waals surface area contributed by atoms with E-state index >= 15 is 0 Å². The fourth-order valence-electron chi connectivity index (χ4n) is 2.68. The van der Waals surface area contributed by atoms with Crippen molar-refractivity contribution in [2.75, 3.05) is 6.61 Å². The van der Waals surface area contributed by atoms with E-state index in [4.69, 9.17) is 4.74 Å². The van der Waals surface area contributed by atoms with Crippen LogP contribution in [0, 0.1) is 11.6 Å². The van der Waals surface area contributed by atoms with Crippen LogP contribution >= 0.6 is 0 Å². The maximum absolute atomic E-state index is 14.0. The van der Waals surface area contributed by atoms with Crippen molar-refractivity contribution in [1.29, 1.82) is 0 Å². The summed E-state index contributed by atoms with van der Waals surface area (Å²) < 4.78 is 33.1. The Bertz CT molecular complexity index is 916. The van der Waals surface area contributed by atoms with E-state index in [0.717, 1.165) is 18.9 Å². The maximum Gasteiger partial charge on any atom is 0.213 e. The highest BCUT2D eigenvalue weighted by atomic mass is 19.2. The van der Waals surface area contributed by atoms with Crippen LogP contribution in [0.3, 0.4) is 0 Å². The summed E-state index contributed by atoms with van der Waals surface area (Å²) in [4.78, 5) is 12.7. The molecule has 0 radical (unpaired) electrons. The first-order valence-electron chi connectivity index (χ1n) is 9.18. The van der Waals surface area contributed by atoms with Gasteiger partial charge in [0, 0.05) is 41.3 Å². The molecule has 0 amide bonds. The van der Waals surface area contributed by atoms with E-state index < -0.39 is 17.4 Å². The number of rotatable bonds is 8. The third-order valence-corrected chi connectivity index (χ3v) is 4.27. The van der Waals surface area contributed by atoms with Crippen LogP contribution < -0.4 is 4.74 Å². The van der Waals surface area contributed by atoms with E-state index in [1.807, 2.05) is 0 Å². The van der Waals surface area contributed by atoms with Gasteiger partial charge in [-0.25, -0.2) is 19.3 Å². The Balaban J connectivity index is 1.67. The van der Waals surface area contributed by atoms with Gasteiger partial charge >= 0.3 is 0 Å². The fourth-order valence-corrected chi connectivity index (χ4v) is 2.68. The maximum atomic E-state index is 14.0. The van der Waals surface area contributed by atoms with E-state index in [9.17, 15) is 13.9 Å². The van der Waals surface area contributed by atoms with Crippen molar-refractivity contribution in [2.24, 2.45) is 0 Å². The normalized spacial score (nSPS) is 10.8. The monoisotopic (exact) mass is 385 g/mol. The third kappa shape index (κ3) is 4.60. The smallest absolute Gasteiger partial charge is 0.213 e. The van der Waals surface area contributed by atoms with Gasteiger partial charge in [-0.15, -0.1) is 0 Å². The number of ether oxygens (including phenoxy) is 1. The van der Waals surface area contributed by atoms with Gasteiger partial charge in [-0.05, 0) is 24.6 Å². The van der Waals surface area contributed by atoms with Crippen molar-refractivity contribution in [3.05, 3.63) is 54.5 Å². The van der Waals surface area contributed by atoms with Crippen LogP contribution in [0.5, 0.6) is 11.6 Å². The Labute approximate surface area is 162 Å². The lowest BCUT2D eigenvalue weighted by Crippen LogP contribution is -1.99. The number of hydrogen-bond donors (Lipinski definition) is 1. The Morgan fingerprint density at radius 3 is 2.29 bits per heavy atom. The second-order valence-electron chi connectivity index (χ2n) is 6.35. The van der Waals surface area contributed by atoms with Gasteiger partial charge in [0.2, 0.25) is 11.7 Å². The molecule has 1 N–H and O–H groups in total. The first-order valence-corrected chi connectivity index (χ1v) is 9.18. The summed E-state index contributed by atoms with van der Waals surface area (Å²) in [5.41, 5.74) is 0.967. The summed E-state index contributed by atoms with van der Waals surface area (Å²) in [6, 6.07) is 5.92. The summed E-state index contributed by atoms with van der Waals surface area (Å²) in [5, 5.41) is 9.22. The molecular weight excluding hydrogens is 364 g/mol. The van der Waals surface area contributed by atoms with Crippen molar-refractivity contribution < 1.29 is 18.6 Å². The molecule has 0 saturated heterocycles. The number of pyridine rings is 1. The number of phenols is 1. The SMILES string of the molecule is CCCCCCOc1ccc(-c2ncc(-c3ccc(O)c(F)c3F)cn2)cn1. The molecule has 2 heterocycles. The second kappa shape index (κ2) is 9.21. The minimum Gasteiger partial charge on any atom is -0.505 e. The molecule has 3 rings (SSSR count). The Morgan fingerprint density at radius 1 is 0.857 bits per heavy atom. The van der Waals surface area contributed by atoms with Gasteiger partial charge in [0.25, 0.3) is 0 Å². The molecule has 3 aromatic rings. The zero-order valence-corrected chi connectivity index (χ0v) is 15.5. The summed E-state index contributed by atoms with van der Waals surface area (Å²) in [7, 11) is 0. The molecule has 146 valence electrons. The zero-order valence-electron chi connectivity index (χ0n) is 15.5. The van der Waals surface area contributed by atoms with Crippen molar-refractivity contribution in [1.82, 2.24) is 15.0 Å². The molecular formula is C21H21F2N3O2. The number of unbranched alkanes of at least 4 members (excludes halogenated alkanes) is 3. The Kier molecular flexibility index (Phi) is 6.47. The van der Waals surface area contributed by atoms with Gasteiger partial charge in [-0.2, -0.15) is 4.39 Å². The zero-order chi connectivity index (χ0) is 19.9. The second-order valence-corrected chi connectivity index (χ2v) is 6.35. The van der Waals surface area contributed by atoms with Crippen LogP contribution in [-0.2, 0) is 0 Å². The number of benzene rings is 1. The molecule has 0 aliphatic heterocycles. The van der Waals surface area contributed by atoms with Crippen LogP contribution in [0.2, 0.25) is 0 Å². The van der Waals surface area contributed by atoms with Crippen LogP contribution in [0.25, 0.3) is 22.5 Å². The van der Waals surface area contributed by atoms with Gasteiger partial charge in [0.15, 0.2) is 17.4 Å². The van der Waals surface area contributed by atoms with E-state index in [-0.39, 0.29) is 5.56 Å². The van der Waals surface area contributed by atoms with Gasteiger partial charge < -0.3 is 9.84 Å². The molecule has 0 aliphatic carbocycles. The summed E-state index contributed by atoms with van der Waals surface area (Å²) in [6.07, 6.45) is 8.92. The van der Waals surface area contributed by atoms with Gasteiger partial charge in [-0.1, -0.05) is 26.2 Å². The molecule has 0 atom stereocenters. The average Bonchev–Trinajstić information content (AvgIpc) is 2.73. The number of aromatic hydroxyl groups is 1.